The van der Waals surface area contributed by atoms with Crippen molar-refractivity contribution in [2.24, 2.45) is 5.92 Å². The van der Waals surface area contributed by atoms with Gasteiger partial charge in [0.15, 0.2) is 0 Å². The van der Waals surface area contributed by atoms with Crippen molar-refractivity contribution in [1.29, 1.82) is 0 Å². The Kier molecular flexibility index (Phi) is 5.78. The molecule has 1 atom stereocenters. The molecular formula is C20H26N4O3. The lowest BCUT2D eigenvalue weighted by Crippen LogP contribution is -2.55. The molecule has 0 unspecified atom stereocenters. The molecule has 0 N–H and O–H groups in total. The van der Waals surface area contributed by atoms with Crippen LogP contribution in [0.2, 0.25) is 0 Å². The first kappa shape index (κ1) is 18.9. The quantitative estimate of drug-likeness (QED) is 0.806. The largest absolute Gasteiger partial charge is 0.497 e. The lowest BCUT2D eigenvalue weighted by Gasteiger charge is -2.41. The lowest BCUT2D eigenvalue weighted by molar-refractivity contribution is -0.136. The number of methoxy groups -OCH3 is 1. The van der Waals surface area contributed by atoms with E-state index in [-0.39, 0.29) is 17.9 Å². The van der Waals surface area contributed by atoms with Gasteiger partial charge in [-0.1, -0.05) is 19.9 Å². The minimum absolute atomic E-state index is 0.0147. The summed E-state index contributed by atoms with van der Waals surface area (Å²) in [7, 11) is 1.62. The number of carbonyl (C=O) groups excluding carboxylic acids is 1. The second kappa shape index (κ2) is 8.24. The lowest BCUT2D eigenvalue weighted by atomic mass is 10.1. The third-order valence-electron chi connectivity index (χ3n) is 4.62. The zero-order valence-corrected chi connectivity index (χ0v) is 16.3. The van der Waals surface area contributed by atoms with Gasteiger partial charge in [-0.3, -0.25) is 4.79 Å². The van der Waals surface area contributed by atoms with Crippen molar-refractivity contribution in [2.45, 2.75) is 26.8 Å². The van der Waals surface area contributed by atoms with Gasteiger partial charge in [0.1, 0.15) is 23.6 Å². The summed E-state index contributed by atoms with van der Waals surface area (Å²) >= 11 is 0. The predicted molar refractivity (Wildman–Crippen MR) is 103 cm³/mol. The highest BCUT2D eigenvalue weighted by Gasteiger charge is 2.29. The maximum absolute atomic E-state index is 12.3. The molecular weight excluding hydrogens is 344 g/mol. The van der Waals surface area contributed by atoms with Gasteiger partial charge in [0.05, 0.1) is 7.11 Å². The molecule has 1 aliphatic rings. The molecule has 144 valence electrons. The summed E-state index contributed by atoms with van der Waals surface area (Å²) in [5.41, 5.74) is 0. The number of anilines is 1. The van der Waals surface area contributed by atoms with Gasteiger partial charge in [-0.2, -0.15) is 0 Å². The van der Waals surface area contributed by atoms with Crippen LogP contribution in [0.3, 0.4) is 0 Å². The van der Waals surface area contributed by atoms with Crippen LogP contribution in [0.25, 0.3) is 0 Å². The second-order valence-corrected chi connectivity index (χ2v) is 6.98. The van der Waals surface area contributed by atoms with Crippen molar-refractivity contribution in [1.82, 2.24) is 14.9 Å². The van der Waals surface area contributed by atoms with E-state index in [2.05, 4.69) is 21.8 Å². The maximum atomic E-state index is 12.3. The number of hydrogen-bond acceptors (Lipinski definition) is 6. The molecule has 1 fully saturated rings. The average molecular weight is 370 g/mol. The summed E-state index contributed by atoms with van der Waals surface area (Å²) in [5, 5.41) is 0. The number of rotatable bonds is 5. The zero-order chi connectivity index (χ0) is 19.4. The third kappa shape index (κ3) is 4.48. The monoisotopic (exact) mass is 370 g/mol. The van der Waals surface area contributed by atoms with Gasteiger partial charge >= 0.3 is 0 Å². The molecule has 3 rings (SSSR count). The SMILES string of the molecule is COc1cccc(Oc2cc(N3CCN(C(=O)C(C)C)[C@@H](C)C3)ncn2)c1. The highest BCUT2D eigenvalue weighted by Crippen LogP contribution is 2.26. The van der Waals surface area contributed by atoms with Crippen LogP contribution in [0.1, 0.15) is 20.8 Å². The number of carbonyl (C=O) groups is 1. The number of amides is 1. The first-order valence-electron chi connectivity index (χ1n) is 9.17. The Bertz CT molecular complexity index is 796. The van der Waals surface area contributed by atoms with Crippen LogP contribution >= 0.6 is 0 Å². The molecule has 2 heterocycles. The summed E-state index contributed by atoms with van der Waals surface area (Å²) in [4.78, 5) is 25.0. The van der Waals surface area contributed by atoms with Gasteiger partial charge in [-0.15, -0.1) is 0 Å². The van der Waals surface area contributed by atoms with Crippen LogP contribution in [0.5, 0.6) is 17.4 Å². The average Bonchev–Trinajstić information content (AvgIpc) is 2.67. The van der Waals surface area contributed by atoms with E-state index in [9.17, 15) is 4.79 Å². The topological polar surface area (TPSA) is 67.8 Å². The summed E-state index contributed by atoms with van der Waals surface area (Å²) in [6.45, 7) is 8.10. The minimum Gasteiger partial charge on any atom is -0.497 e. The van der Waals surface area contributed by atoms with Crippen LogP contribution in [-0.2, 0) is 4.79 Å². The summed E-state index contributed by atoms with van der Waals surface area (Å²) in [5.74, 6) is 2.86. The molecule has 0 aliphatic carbocycles. The highest BCUT2D eigenvalue weighted by atomic mass is 16.5. The van der Waals surface area contributed by atoms with Crippen molar-refractivity contribution < 1.29 is 14.3 Å². The Hall–Kier alpha value is -2.83. The van der Waals surface area contributed by atoms with Crippen LogP contribution in [0.4, 0.5) is 5.82 Å². The molecule has 27 heavy (non-hydrogen) atoms. The number of benzene rings is 1. The Morgan fingerprint density at radius 3 is 2.67 bits per heavy atom. The van der Waals surface area contributed by atoms with Crippen molar-refractivity contribution in [2.75, 3.05) is 31.6 Å². The minimum atomic E-state index is 0.0147. The van der Waals surface area contributed by atoms with Crippen LogP contribution < -0.4 is 14.4 Å². The maximum Gasteiger partial charge on any atom is 0.225 e. The van der Waals surface area contributed by atoms with Crippen molar-refractivity contribution >= 4 is 11.7 Å². The van der Waals surface area contributed by atoms with Crippen LogP contribution in [-0.4, -0.2) is 53.6 Å². The molecule has 0 bridgehead atoms. The fraction of sp³-hybridized carbons (Fsp3) is 0.450. The smallest absolute Gasteiger partial charge is 0.225 e. The van der Waals surface area contributed by atoms with E-state index in [0.717, 1.165) is 24.7 Å². The van der Waals surface area contributed by atoms with E-state index in [1.54, 1.807) is 13.2 Å². The Balaban J connectivity index is 1.70. The van der Waals surface area contributed by atoms with Gasteiger partial charge in [-0.05, 0) is 19.1 Å². The Labute approximate surface area is 159 Å². The highest BCUT2D eigenvalue weighted by molar-refractivity contribution is 5.78. The zero-order valence-electron chi connectivity index (χ0n) is 16.3. The molecule has 1 aromatic carbocycles. The van der Waals surface area contributed by atoms with E-state index in [1.807, 2.05) is 43.0 Å². The molecule has 1 aromatic heterocycles. The third-order valence-corrected chi connectivity index (χ3v) is 4.62. The van der Waals surface area contributed by atoms with E-state index in [0.29, 0.717) is 18.2 Å². The summed E-state index contributed by atoms with van der Waals surface area (Å²) in [6, 6.07) is 9.33. The van der Waals surface area contributed by atoms with Crippen LogP contribution in [0, 0.1) is 5.92 Å². The molecule has 1 saturated heterocycles. The van der Waals surface area contributed by atoms with Crippen LogP contribution in [0.15, 0.2) is 36.7 Å². The summed E-state index contributed by atoms with van der Waals surface area (Å²) < 4.78 is 11.1. The van der Waals surface area contributed by atoms with E-state index in [4.69, 9.17) is 9.47 Å². The number of piperazine rings is 1. The predicted octanol–water partition coefficient (Wildman–Crippen LogP) is 2.97. The van der Waals surface area contributed by atoms with E-state index < -0.39 is 0 Å². The van der Waals surface area contributed by atoms with Gasteiger partial charge in [0.25, 0.3) is 0 Å². The molecule has 0 radical (unpaired) electrons. The summed E-state index contributed by atoms with van der Waals surface area (Å²) in [6.07, 6.45) is 1.50. The van der Waals surface area contributed by atoms with Gasteiger partial charge in [0, 0.05) is 43.7 Å². The first-order valence-corrected chi connectivity index (χ1v) is 9.17. The van der Waals surface area contributed by atoms with E-state index >= 15 is 0 Å². The number of aromatic nitrogens is 2. The standard InChI is InChI=1S/C20H26N4O3/c1-14(2)20(25)24-9-8-23(12-15(24)3)18-11-19(22-13-21-18)27-17-7-5-6-16(10-17)26-4/h5-7,10-11,13-15H,8-9,12H2,1-4H3/t15-/m0/s1. The van der Waals surface area contributed by atoms with Gasteiger partial charge in [0.2, 0.25) is 11.8 Å². The number of ether oxygens (including phenoxy) is 2. The first-order chi connectivity index (χ1) is 13.0. The number of nitrogens with zero attached hydrogens (tertiary/aromatic N) is 4. The molecule has 0 spiro atoms. The molecule has 0 saturated carbocycles. The number of hydrogen-bond donors (Lipinski definition) is 0. The van der Waals surface area contributed by atoms with Crippen molar-refractivity contribution in [3.05, 3.63) is 36.7 Å². The van der Waals surface area contributed by atoms with Gasteiger partial charge < -0.3 is 19.3 Å². The fourth-order valence-electron chi connectivity index (χ4n) is 3.17. The second-order valence-electron chi connectivity index (χ2n) is 6.98. The molecule has 1 aliphatic heterocycles. The normalized spacial score (nSPS) is 17.1. The Morgan fingerprint density at radius 1 is 1.19 bits per heavy atom. The Morgan fingerprint density at radius 2 is 1.96 bits per heavy atom. The molecule has 7 heteroatoms. The molecule has 7 nitrogen and oxygen atoms in total. The molecule has 1 amide bonds. The molecule has 2 aromatic rings. The van der Waals surface area contributed by atoms with Gasteiger partial charge in [-0.25, -0.2) is 9.97 Å². The van der Waals surface area contributed by atoms with E-state index in [1.165, 1.54) is 6.33 Å². The fourth-order valence-corrected chi connectivity index (χ4v) is 3.17. The van der Waals surface area contributed by atoms with Crippen molar-refractivity contribution in [3.63, 3.8) is 0 Å². The van der Waals surface area contributed by atoms with Crippen molar-refractivity contribution in [3.8, 4) is 17.4 Å².